The van der Waals surface area contributed by atoms with Crippen LogP contribution in [0.4, 0.5) is 0 Å². The van der Waals surface area contributed by atoms with Crippen LogP contribution in [0.25, 0.3) is 0 Å². The molecule has 2 unspecified atom stereocenters. The molecule has 2 bridgehead atoms. The van der Waals surface area contributed by atoms with Gasteiger partial charge in [0.1, 0.15) is 11.2 Å². The fraction of sp³-hybridized carbons (Fsp3) is 0.400. The highest BCUT2D eigenvalue weighted by Crippen LogP contribution is 2.57. The summed E-state index contributed by atoms with van der Waals surface area (Å²) in [4.78, 5) is 0. The molecule has 3 heterocycles. The fourth-order valence-electron chi connectivity index (χ4n) is 4.10. The van der Waals surface area contributed by atoms with Crippen molar-refractivity contribution in [3.05, 3.63) is 72.1 Å². The number of hydrogen-bond acceptors (Lipinski definition) is 2. The SMILES string of the molecule is OCCCC12C=CC(CCCn3cccc3)(O1)c1ccccc12. The first-order valence-electron chi connectivity index (χ1n) is 8.50. The van der Waals surface area contributed by atoms with Gasteiger partial charge in [0, 0.05) is 25.5 Å². The third kappa shape index (κ3) is 2.35. The Bertz CT molecular complexity index is 706. The maximum Gasteiger partial charge on any atom is 0.113 e. The van der Waals surface area contributed by atoms with E-state index in [1.807, 2.05) is 0 Å². The summed E-state index contributed by atoms with van der Waals surface area (Å²) in [5.74, 6) is 0. The van der Waals surface area contributed by atoms with E-state index in [4.69, 9.17) is 4.74 Å². The van der Waals surface area contributed by atoms with E-state index in [9.17, 15) is 5.11 Å². The minimum atomic E-state index is -0.327. The zero-order chi connectivity index (χ0) is 15.8. The largest absolute Gasteiger partial charge is 0.396 e. The molecule has 2 aliphatic heterocycles. The van der Waals surface area contributed by atoms with Crippen LogP contribution in [0.5, 0.6) is 0 Å². The van der Waals surface area contributed by atoms with Gasteiger partial charge in [-0.05, 0) is 61.1 Å². The molecule has 2 aliphatic rings. The van der Waals surface area contributed by atoms with E-state index in [-0.39, 0.29) is 17.8 Å². The number of aryl methyl sites for hydroxylation is 1. The minimum absolute atomic E-state index is 0.210. The molecule has 1 aromatic carbocycles. The van der Waals surface area contributed by atoms with Gasteiger partial charge in [0.15, 0.2) is 0 Å². The average Bonchev–Trinajstić information content (AvgIpc) is 3.28. The highest BCUT2D eigenvalue weighted by Gasteiger charge is 2.54. The van der Waals surface area contributed by atoms with Crippen molar-refractivity contribution in [3.8, 4) is 0 Å². The van der Waals surface area contributed by atoms with Crippen molar-refractivity contribution < 1.29 is 9.84 Å². The van der Waals surface area contributed by atoms with E-state index >= 15 is 0 Å². The number of nitrogens with zero attached hydrogens (tertiary/aromatic N) is 1. The van der Waals surface area contributed by atoms with E-state index in [2.05, 4.69) is 65.5 Å². The van der Waals surface area contributed by atoms with E-state index in [0.29, 0.717) is 0 Å². The Morgan fingerprint density at radius 1 is 0.870 bits per heavy atom. The number of aliphatic hydroxyl groups excluding tert-OH is 1. The second kappa shape index (κ2) is 5.66. The van der Waals surface area contributed by atoms with Crippen LogP contribution in [0.15, 0.2) is 60.9 Å². The third-order valence-corrected chi connectivity index (χ3v) is 5.16. The van der Waals surface area contributed by atoms with Gasteiger partial charge in [0.05, 0.1) is 0 Å². The van der Waals surface area contributed by atoms with Crippen molar-refractivity contribution >= 4 is 0 Å². The predicted molar refractivity (Wildman–Crippen MR) is 90.0 cm³/mol. The standard InChI is InChI=1S/C20H23NO2/c22-16-6-10-20-12-11-19(23-20,17-7-1-2-8-18(17)20)9-5-15-21-13-3-4-14-21/h1-4,7-8,11-14,22H,5-6,9-10,15-16H2. The molecule has 0 spiro atoms. The second-order valence-electron chi connectivity index (χ2n) is 6.61. The van der Waals surface area contributed by atoms with Gasteiger partial charge >= 0.3 is 0 Å². The zero-order valence-electron chi connectivity index (χ0n) is 13.3. The van der Waals surface area contributed by atoms with Crippen molar-refractivity contribution in [2.45, 2.75) is 43.4 Å². The Hall–Kier alpha value is -1.84. The van der Waals surface area contributed by atoms with Crippen LogP contribution in [-0.2, 0) is 22.5 Å². The molecule has 0 amide bonds. The molecule has 23 heavy (non-hydrogen) atoms. The Kier molecular flexibility index (Phi) is 3.63. The lowest BCUT2D eigenvalue weighted by atomic mass is 9.78. The van der Waals surface area contributed by atoms with Crippen LogP contribution >= 0.6 is 0 Å². The molecule has 120 valence electrons. The number of fused-ring (bicyclic) bond motifs is 5. The van der Waals surface area contributed by atoms with Crippen molar-refractivity contribution in [1.82, 2.24) is 4.57 Å². The van der Waals surface area contributed by atoms with E-state index in [0.717, 1.165) is 32.2 Å². The maximum absolute atomic E-state index is 9.23. The highest BCUT2D eigenvalue weighted by molar-refractivity contribution is 5.51. The molecule has 1 N–H and O–H groups in total. The summed E-state index contributed by atoms with van der Waals surface area (Å²) in [7, 11) is 0. The van der Waals surface area contributed by atoms with Crippen LogP contribution < -0.4 is 0 Å². The number of rotatable bonds is 7. The van der Waals surface area contributed by atoms with Gasteiger partial charge in [0.2, 0.25) is 0 Å². The van der Waals surface area contributed by atoms with Crippen LogP contribution in [0, 0.1) is 0 Å². The molecule has 0 fully saturated rings. The molecule has 4 rings (SSSR count). The minimum Gasteiger partial charge on any atom is -0.396 e. The molecule has 3 heteroatoms. The van der Waals surface area contributed by atoms with Crippen LogP contribution in [0.1, 0.15) is 36.8 Å². The van der Waals surface area contributed by atoms with Gasteiger partial charge < -0.3 is 14.4 Å². The first-order chi connectivity index (χ1) is 11.3. The summed E-state index contributed by atoms with van der Waals surface area (Å²) in [6.07, 6.45) is 12.4. The third-order valence-electron chi connectivity index (χ3n) is 5.16. The van der Waals surface area contributed by atoms with Gasteiger partial charge in [-0.15, -0.1) is 0 Å². The first-order valence-corrected chi connectivity index (χ1v) is 8.50. The number of aliphatic hydroxyl groups is 1. The fourth-order valence-corrected chi connectivity index (χ4v) is 4.10. The molecule has 3 nitrogen and oxygen atoms in total. The van der Waals surface area contributed by atoms with E-state index in [1.165, 1.54) is 11.1 Å². The van der Waals surface area contributed by atoms with Gasteiger partial charge in [-0.1, -0.05) is 24.3 Å². The summed E-state index contributed by atoms with van der Waals surface area (Å²) >= 11 is 0. The molecule has 0 aliphatic carbocycles. The van der Waals surface area contributed by atoms with Crippen molar-refractivity contribution in [2.24, 2.45) is 0 Å². The Morgan fingerprint density at radius 2 is 1.48 bits per heavy atom. The monoisotopic (exact) mass is 309 g/mol. The molecule has 0 radical (unpaired) electrons. The number of aromatic nitrogens is 1. The number of ether oxygens (including phenoxy) is 1. The van der Waals surface area contributed by atoms with Crippen LogP contribution in [0.2, 0.25) is 0 Å². The lowest BCUT2D eigenvalue weighted by molar-refractivity contribution is -0.0819. The molecule has 2 atom stereocenters. The van der Waals surface area contributed by atoms with Crippen LogP contribution in [0.3, 0.4) is 0 Å². The quantitative estimate of drug-likeness (QED) is 0.791. The van der Waals surface area contributed by atoms with Crippen molar-refractivity contribution in [1.29, 1.82) is 0 Å². The average molecular weight is 309 g/mol. The molecular weight excluding hydrogens is 286 g/mol. The lowest BCUT2D eigenvalue weighted by Gasteiger charge is -2.26. The number of hydrogen-bond donors (Lipinski definition) is 1. The summed E-state index contributed by atoms with van der Waals surface area (Å²) in [6, 6.07) is 12.7. The normalized spacial score (nSPS) is 27.5. The molecule has 0 saturated carbocycles. The molecule has 2 aromatic rings. The smallest absolute Gasteiger partial charge is 0.113 e. The van der Waals surface area contributed by atoms with E-state index in [1.54, 1.807) is 0 Å². The summed E-state index contributed by atoms with van der Waals surface area (Å²) in [5.41, 5.74) is 2.00. The Labute approximate surface area is 137 Å². The van der Waals surface area contributed by atoms with Gasteiger partial charge in [-0.25, -0.2) is 0 Å². The summed E-state index contributed by atoms with van der Waals surface area (Å²) < 4.78 is 8.83. The summed E-state index contributed by atoms with van der Waals surface area (Å²) in [5, 5.41) is 9.23. The topological polar surface area (TPSA) is 34.4 Å². The van der Waals surface area contributed by atoms with Gasteiger partial charge in [-0.2, -0.15) is 0 Å². The lowest BCUT2D eigenvalue weighted by Crippen LogP contribution is -2.24. The second-order valence-corrected chi connectivity index (χ2v) is 6.61. The molecule has 1 aromatic heterocycles. The zero-order valence-corrected chi connectivity index (χ0v) is 13.3. The van der Waals surface area contributed by atoms with Crippen LogP contribution in [-0.4, -0.2) is 16.3 Å². The Balaban J connectivity index is 1.56. The number of benzene rings is 1. The van der Waals surface area contributed by atoms with Gasteiger partial charge in [-0.3, -0.25) is 0 Å². The van der Waals surface area contributed by atoms with E-state index < -0.39 is 0 Å². The predicted octanol–water partition coefficient (Wildman–Crippen LogP) is 3.73. The Morgan fingerprint density at radius 3 is 2.09 bits per heavy atom. The highest BCUT2D eigenvalue weighted by atomic mass is 16.5. The first kappa shape index (κ1) is 14.7. The molecule has 0 saturated heterocycles. The van der Waals surface area contributed by atoms with Crippen molar-refractivity contribution in [2.75, 3.05) is 6.61 Å². The maximum atomic E-state index is 9.23. The van der Waals surface area contributed by atoms with Gasteiger partial charge in [0.25, 0.3) is 0 Å². The summed E-state index contributed by atoms with van der Waals surface area (Å²) in [6.45, 7) is 1.22. The molecular formula is C20H23NO2. The van der Waals surface area contributed by atoms with Crippen molar-refractivity contribution in [3.63, 3.8) is 0 Å².